The second kappa shape index (κ2) is 6.76. The molecule has 0 amide bonds. The van der Waals surface area contributed by atoms with Crippen LogP contribution in [0.5, 0.6) is 5.75 Å². The molecule has 0 aliphatic heterocycles. The Hall–Kier alpha value is -1.81. The molecule has 1 aromatic heterocycles. The first-order valence-electron chi connectivity index (χ1n) is 7.43. The third kappa shape index (κ3) is 3.64. The van der Waals surface area contributed by atoms with Crippen molar-refractivity contribution < 1.29 is 4.74 Å². The zero-order chi connectivity index (χ0) is 15.4. The minimum Gasteiger partial charge on any atom is -0.487 e. The summed E-state index contributed by atoms with van der Waals surface area (Å²) in [6, 6.07) is 6.39. The molecule has 0 fully saturated rings. The van der Waals surface area contributed by atoms with Crippen molar-refractivity contribution >= 4 is 0 Å². The number of benzene rings is 1. The van der Waals surface area contributed by atoms with E-state index in [-0.39, 0.29) is 0 Å². The number of aromatic nitrogens is 2. The van der Waals surface area contributed by atoms with Crippen LogP contribution in [-0.2, 0) is 13.2 Å². The third-order valence-electron chi connectivity index (χ3n) is 3.67. The molecule has 1 aromatic carbocycles. The van der Waals surface area contributed by atoms with Crippen LogP contribution in [0.4, 0.5) is 0 Å². The molecule has 0 radical (unpaired) electrons. The lowest BCUT2D eigenvalue weighted by Gasteiger charge is -2.14. The van der Waals surface area contributed by atoms with Gasteiger partial charge in [0.2, 0.25) is 0 Å². The number of nitrogens with zero attached hydrogens (tertiary/aromatic N) is 1. The summed E-state index contributed by atoms with van der Waals surface area (Å²) in [6.07, 6.45) is 0. The number of hydrogen-bond donors (Lipinski definition) is 2. The normalized spacial score (nSPS) is 11.1. The Labute approximate surface area is 126 Å². The number of H-pyrrole nitrogens is 1. The summed E-state index contributed by atoms with van der Waals surface area (Å²) in [6.45, 7) is 9.78. The van der Waals surface area contributed by atoms with E-state index in [2.05, 4.69) is 54.5 Å². The molecular formula is C17H25N3O. The number of rotatable bonds is 6. The second-order valence-electron chi connectivity index (χ2n) is 5.79. The van der Waals surface area contributed by atoms with Gasteiger partial charge in [-0.15, -0.1) is 0 Å². The molecule has 0 unspecified atom stereocenters. The van der Waals surface area contributed by atoms with Gasteiger partial charge in [-0.1, -0.05) is 26.0 Å². The van der Waals surface area contributed by atoms with Crippen LogP contribution in [0.1, 0.15) is 47.8 Å². The summed E-state index contributed by atoms with van der Waals surface area (Å²) in [7, 11) is 1.94. The SMILES string of the molecule is CNCc1c(COc2cc(C)ccc2C(C)C)n[nH]c1C. The second-order valence-corrected chi connectivity index (χ2v) is 5.79. The number of ether oxygens (including phenoxy) is 1. The van der Waals surface area contributed by atoms with Gasteiger partial charge in [0.15, 0.2) is 0 Å². The molecule has 2 rings (SSSR count). The number of hydrogen-bond acceptors (Lipinski definition) is 3. The van der Waals surface area contributed by atoms with Crippen molar-refractivity contribution in [1.29, 1.82) is 0 Å². The van der Waals surface area contributed by atoms with E-state index in [4.69, 9.17) is 4.74 Å². The molecule has 2 aromatic rings. The van der Waals surface area contributed by atoms with Gasteiger partial charge in [0.1, 0.15) is 18.1 Å². The Kier molecular flexibility index (Phi) is 5.02. The van der Waals surface area contributed by atoms with E-state index in [1.165, 1.54) is 16.7 Å². The summed E-state index contributed by atoms with van der Waals surface area (Å²) in [5.41, 5.74) is 5.71. The molecule has 0 bridgehead atoms. The molecule has 0 saturated carbocycles. The van der Waals surface area contributed by atoms with Crippen LogP contribution < -0.4 is 10.1 Å². The minimum atomic E-state index is 0.443. The lowest BCUT2D eigenvalue weighted by Crippen LogP contribution is -2.09. The first-order chi connectivity index (χ1) is 10.0. The smallest absolute Gasteiger partial charge is 0.132 e. The molecular weight excluding hydrogens is 262 g/mol. The van der Waals surface area contributed by atoms with Gasteiger partial charge in [-0.25, -0.2) is 0 Å². The summed E-state index contributed by atoms with van der Waals surface area (Å²) in [4.78, 5) is 0. The first kappa shape index (κ1) is 15.6. The Morgan fingerprint density at radius 1 is 1.29 bits per heavy atom. The van der Waals surface area contributed by atoms with E-state index in [1.807, 2.05) is 14.0 Å². The molecule has 21 heavy (non-hydrogen) atoms. The third-order valence-corrected chi connectivity index (χ3v) is 3.67. The predicted molar refractivity (Wildman–Crippen MR) is 85.7 cm³/mol. The first-order valence-corrected chi connectivity index (χ1v) is 7.43. The molecule has 4 nitrogen and oxygen atoms in total. The highest BCUT2D eigenvalue weighted by Gasteiger charge is 2.12. The Morgan fingerprint density at radius 2 is 2.05 bits per heavy atom. The molecule has 114 valence electrons. The number of aryl methyl sites for hydroxylation is 2. The fourth-order valence-electron chi connectivity index (χ4n) is 2.42. The molecule has 0 aliphatic carbocycles. The van der Waals surface area contributed by atoms with Crippen LogP contribution in [-0.4, -0.2) is 17.2 Å². The molecule has 1 heterocycles. The van der Waals surface area contributed by atoms with Gasteiger partial charge in [-0.05, 0) is 44.0 Å². The monoisotopic (exact) mass is 287 g/mol. The highest BCUT2D eigenvalue weighted by molar-refractivity contribution is 5.39. The maximum absolute atomic E-state index is 6.06. The molecule has 0 spiro atoms. The van der Waals surface area contributed by atoms with Gasteiger partial charge in [0.05, 0.1) is 0 Å². The molecule has 0 atom stereocenters. The van der Waals surface area contributed by atoms with Crippen LogP contribution in [0.3, 0.4) is 0 Å². The lowest BCUT2D eigenvalue weighted by molar-refractivity contribution is 0.295. The highest BCUT2D eigenvalue weighted by atomic mass is 16.5. The molecule has 0 saturated heterocycles. The quantitative estimate of drug-likeness (QED) is 0.855. The minimum absolute atomic E-state index is 0.443. The zero-order valence-electron chi connectivity index (χ0n) is 13.6. The van der Waals surface area contributed by atoms with E-state index in [0.717, 1.165) is 23.7 Å². The topological polar surface area (TPSA) is 49.9 Å². The van der Waals surface area contributed by atoms with Crippen LogP contribution in [0.2, 0.25) is 0 Å². The Morgan fingerprint density at radius 3 is 2.71 bits per heavy atom. The summed E-state index contributed by atoms with van der Waals surface area (Å²) in [5.74, 6) is 1.40. The molecule has 2 N–H and O–H groups in total. The highest BCUT2D eigenvalue weighted by Crippen LogP contribution is 2.28. The molecule has 4 heteroatoms. The van der Waals surface area contributed by atoms with E-state index in [0.29, 0.717) is 12.5 Å². The largest absolute Gasteiger partial charge is 0.487 e. The van der Waals surface area contributed by atoms with Crippen molar-refractivity contribution in [3.05, 3.63) is 46.3 Å². The number of aromatic amines is 1. The fraction of sp³-hybridized carbons (Fsp3) is 0.471. The standard InChI is InChI=1S/C17H25N3O/c1-11(2)14-7-6-12(3)8-17(14)21-10-16-15(9-18-5)13(4)19-20-16/h6-8,11,18H,9-10H2,1-5H3,(H,19,20). The van der Waals surface area contributed by atoms with Crippen molar-refractivity contribution in [2.24, 2.45) is 0 Å². The lowest BCUT2D eigenvalue weighted by atomic mass is 10.0. The van der Waals surface area contributed by atoms with Gasteiger partial charge >= 0.3 is 0 Å². The number of nitrogens with one attached hydrogen (secondary N) is 2. The van der Waals surface area contributed by atoms with E-state index < -0.39 is 0 Å². The van der Waals surface area contributed by atoms with Crippen molar-refractivity contribution in [3.8, 4) is 5.75 Å². The van der Waals surface area contributed by atoms with Gasteiger partial charge < -0.3 is 10.1 Å². The summed E-state index contributed by atoms with van der Waals surface area (Å²) >= 11 is 0. The van der Waals surface area contributed by atoms with Crippen molar-refractivity contribution in [1.82, 2.24) is 15.5 Å². The average Bonchev–Trinajstić information content (AvgIpc) is 2.78. The maximum atomic E-state index is 6.06. The average molecular weight is 287 g/mol. The Bertz CT molecular complexity index is 602. The van der Waals surface area contributed by atoms with Gasteiger partial charge in [0, 0.05) is 17.8 Å². The van der Waals surface area contributed by atoms with Gasteiger partial charge in [-0.3, -0.25) is 5.10 Å². The zero-order valence-corrected chi connectivity index (χ0v) is 13.6. The van der Waals surface area contributed by atoms with Crippen LogP contribution >= 0.6 is 0 Å². The van der Waals surface area contributed by atoms with Crippen LogP contribution in [0, 0.1) is 13.8 Å². The fourth-order valence-corrected chi connectivity index (χ4v) is 2.42. The van der Waals surface area contributed by atoms with Gasteiger partial charge in [-0.2, -0.15) is 5.10 Å². The van der Waals surface area contributed by atoms with E-state index in [1.54, 1.807) is 0 Å². The van der Waals surface area contributed by atoms with Crippen LogP contribution in [0.15, 0.2) is 18.2 Å². The van der Waals surface area contributed by atoms with Gasteiger partial charge in [0.25, 0.3) is 0 Å². The predicted octanol–water partition coefficient (Wildman–Crippen LogP) is 3.45. The molecule has 0 aliphatic rings. The Balaban J connectivity index is 2.18. The van der Waals surface area contributed by atoms with E-state index in [9.17, 15) is 0 Å². The maximum Gasteiger partial charge on any atom is 0.132 e. The summed E-state index contributed by atoms with van der Waals surface area (Å²) in [5, 5.41) is 10.6. The van der Waals surface area contributed by atoms with Crippen molar-refractivity contribution in [3.63, 3.8) is 0 Å². The summed E-state index contributed by atoms with van der Waals surface area (Å²) < 4.78 is 6.06. The van der Waals surface area contributed by atoms with Crippen LogP contribution in [0.25, 0.3) is 0 Å². The van der Waals surface area contributed by atoms with Crippen molar-refractivity contribution in [2.75, 3.05) is 7.05 Å². The van der Waals surface area contributed by atoms with E-state index >= 15 is 0 Å². The van der Waals surface area contributed by atoms with Crippen molar-refractivity contribution in [2.45, 2.75) is 46.8 Å².